The minimum atomic E-state index is -4.63. The number of aromatic hydroxyl groups is 1. The Kier molecular flexibility index (Phi) is 6.84. The van der Waals surface area contributed by atoms with Crippen LogP contribution in [0.3, 0.4) is 0 Å². The van der Waals surface area contributed by atoms with Crippen LogP contribution in [0.25, 0.3) is 0 Å². The molecule has 2 N–H and O–H groups in total. The molecule has 0 aliphatic carbocycles. The molecule has 1 saturated heterocycles. The smallest absolute Gasteiger partial charge is 0.416 e. The molecule has 1 heterocycles. The van der Waals surface area contributed by atoms with E-state index < -0.39 is 35.0 Å². The Hall–Kier alpha value is -2.68. The molecule has 9 heteroatoms. The molecule has 2 amide bonds. The third kappa shape index (κ3) is 5.44. The van der Waals surface area contributed by atoms with E-state index in [1.807, 2.05) is 31.2 Å². The van der Waals surface area contributed by atoms with E-state index in [0.717, 1.165) is 17.2 Å². The first kappa shape index (κ1) is 22.6. The Balaban J connectivity index is 0.00000300. The first-order valence-corrected chi connectivity index (χ1v) is 8.68. The highest BCUT2D eigenvalue weighted by atomic mass is 32.1. The predicted molar refractivity (Wildman–Crippen MR) is 106 cm³/mol. The number of carbonyl (C=O) groups excluding carboxylic acids is 2. The average Bonchev–Trinajstić information content (AvgIpc) is 2.93. The van der Waals surface area contributed by atoms with Gasteiger partial charge in [-0.3, -0.25) is 9.59 Å². The normalized spacial score (nSPS) is 16.5. The predicted octanol–water partition coefficient (Wildman–Crippen LogP) is 3.36. The summed E-state index contributed by atoms with van der Waals surface area (Å²) in [5.74, 6) is -1.55. The summed E-state index contributed by atoms with van der Waals surface area (Å²) in [6.07, 6.45) is -4.58. The molecule has 156 valence electrons. The Morgan fingerprint density at radius 1 is 1.24 bits per heavy atom. The number of phenols is 1. The fraction of sp³-hybridized carbons (Fsp3) is 0.300. The molecule has 0 aromatic heterocycles. The molecule has 2 aromatic rings. The molecule has 0 spiro atoms. The zero-order valence-electron chi connectivity index (χ0n) is 15.6. The SMILES string of the molecule is Cc1cccc(CN2C[C@@H](NC(=O)c3cc(C(F)(F)F)ccc3O)CC2=O)c1.S. The molecule has 0 radical (unpaired) electrons. The largest absolute Gasteiger partial charge is 0.507 e. The van der Waals surface area contributed by atoms with Crippen molar-refractivity contribution in [2.45, 2.75) is 32.1 Å². The fourth-order valence-corrected chi connectivity index (χ4v) is 3.21. The van der Waals surface area contributed by atoms with Gasteiger partial charge in [0.05, 0.1) is 17.2 Å². The van der Waals surface area contributed by atoms with Crippen molar-refractivity contribution in [1.82, 2.24) is 10.2 Å². The summed E-state index contributed by atoms with van der Waals surface area (Å²) in [6, 6.07) is 9.29. The molecular formula is C20H21F3N2O3S. The third-order valence-corrected chi connectivity index (χ3v) is 4.57. The van der Waals surface area contributed by atoms with Crippen LogP contribution >= 0.6 is 13.5 Å². The van der Waals surface area contributed by atoms with E-state index in [1.165, 1.54) is 0 Å². The van der Waals surface area contributed by atoms with Gasteiger partial charge in [0.15, 0.2) is 0 Å². The summed E-state index contributed by atoms with van der Waals surface area (Å²) in [5, 5.41) is 12.3. The second-order valence-electron chi connectivity index (χ2n) is 6.87. The van der Waals surface area contributed by atoms with Gasteiger partial charge in [-0.05, 0) is 30.7 Å². The van der Waals surface area contributed by atoms with Crippen LogP contribution in [0, 0.1) is 6.92 Å². The van der Waals surface area contributed by atoms with Gasteiger partial charge in [0.2, 0.25) is 5.91 Å². The molecule has 5 nitrogen and oxygen atoms in total. The highest BCUT2D eigenvalue weighted by molar-refractivity contribution is 7.59. The van der Waals surface area contributed by atoms with E-state index in [1.54, 1.807) is 4.90 Å². The summed E-state index contributed by atoms with van der Waals surface area (Å²) in [6.45, 7) is 2.58. The molecule has 1 atom stereocenters. The van der Waals surface area contributed by atoms with Gasteiger partial charge in [0, 0.05) is 19.5 Å². The van der Waals surface area contributed by atoms with Crippen LogP contribution in [0.2, 0.25) is 0 Å². The van der Waals surface area contributed by atoms with Gasteiger partial charge in [-0.15, -0.1) is 0 Å². The van der Waals surface area contributed by atoms with Crippen LogP contribution in [-0.2, 0) is 17.5 Å². The number of nitrogens with one attached hydrogen (secondary N) is 1. The van der Waals surface area contributed by atoms with E-state index in [4.69, 9.17) is 0 Å². The van der Waals surface area contributed by atoms with Crippen LogP contribution in [0.1, 0.15) is 33.5 Å². The lowest BCUT2D eigenvalue weighted by atomic mass is 10.1. The second kappa shape index (κ2) is 8.77. The van der Waals surface area contributed by atoms with Crippen molar-refractivity contribution in [2.75, 3.05) is 6.54 Å². The molecule has 1 aliphatic heterocycles. The number of benzene rings is 2. The summed E-state index contributed by atoms with van der Waals surface area (Å²) < 4.78 is 38.5. The number of phenolic OH excluding ortho intramolecular Hbond substituents is 1. The number of nitrogens with zero attached hydrogens (tertiary/aromatic N) is 1. The number of likely N-dealkylation sites (tertiary alicyclic amines) is 1. The lowest BCUT2D eigenvalue weighted by Crippen LogP contribution is -2.37. The zero-order chi connectivity index (χ0) is 20.5. The van der Waals surface area contributed by atoms with Crippen molar-refractivity contribution in [3.8, 4) is 5.75 Å². The van der Waals surface area contributed by atoms with Crippen LogP contribution in [0.4, 0.5) is 13.2 Å². The van der Waals surface area contributed by atoms with Gasteiger partial charge >= 0.3 is 6.18 Å². The molecule has 3 rings (SSSR count). The first-order chi connectivity index (χ1) is 13.1. The quantitative estimate of drug-likeness (QED) is 0.788. The van der Waals surface area contributed by atoms with Crippen molar-refractivity contribution in [3.05, 3.63) is 64.7 Å². The monoisotopic (exact) mass is 426 g/mol. The van der Waals surface area contributed by atoms with Crippen molar-refractivity contribution in [3.63, 3.8) is 0 Å². The average molecular weight is 426 g/mol. The van der Waals surface area contributed by atoms with E-state index in [9.17, 15) is 27.9 Å². The maximum absolute atomic E-state index is 12.8. The zero-order valence-corrected chi connectivity index (χ0v) is 16.6. The van der Waals surface area contributed by atoms with E-state index in [2.05, 4.69) is 5.32 Å². The lowest BCUT2D eigenvalue weighted by molar-refractivity contribution is -0.137. The minimum Gasteiger partial charge on any atom is -0.507 e. The molecular weight excluding hydrogens is 405 g/mol. The van der Waals surface area contributed by atoms with Gasteiger partial charge in [0.1, 0.15) is 5.75 Å². The van der Waals surface area contributed by atoms with Crippen LogP contribution in [0.15, 0.2) is 42.5 Å². The van der Waals surface area contributed by atoms with Crippen molar-refractivity contribution < 1.29 is 27.9 Å². The van der Waals surface area contributed by atoms with Crippen molar-refractivity contribution in [1.29, 1.82) is 0 Å². The number of hydrogen-bond donors (Lipinski definition) is 2. The van der Waals surface area contributed by atoms with Crippen molar-refractivity contribution >= 4 is 25.3 Å². The number of amides is 2. The van der Waals surface area contributed by atoms with E-state index in [-0.39, 0.29) is 32.4 Å². The molecule has 2 aromatic carbocycles. The maximum atomic E-state index is 12.8. The first-order valence-electron chi connectivity index (χ1n) is 8.68. The maximum Gasteiger partial charge on any atom is 0.416 e. The number of hydrogen-bond acceptors (Lipinski definition) is 3. The third-order valence-electron chi connectivity index (χ3n) is 4.57. The van der Waals surface area contributed by atoms with E-state index >= 15 is 0 Å². The molecule has 0 unspecified atom stereocenters. The Bertz CT molecular complexity index is 918. The molecule has 29 heavy (non-hydrogen) atoms. The summed E-state index contributed by atoms with van der Waals surface area (Å²) >= 11 is 0. The Labute approximate surface area is 173 Å². The minimum absolute atomic E-state index is 0. The van der Waals surface area contributed by atoms with Gasteiger partial charge < -0.3 is 15.3 Å². The number of rotatable bonds is 4. The number of aryl methyl sites for hydroxylation is 1. The number of halogens is 3. The molecule has 1 fully saturated rings. The fourth-order valence-electron chi connectivity index (χ4n) is 3.21. The molecule has 0 bridgehead atoms. The number of carbonyl (C=O) groups is 2. The Morgan fingerprint density at radius 2 is 1.97 bits per heavy atom. The summed E-state index contributed by atoms with van der Waals surface area (Å²) in [4.78, 5) is 26.2. The van der Waals surface area contributed by atoms with E-state index in [0.29, 0.717) is 18.7 Å². The molecule has 1 aliphatic rings. The van der Waals surface area contributed by atoms with Crippen LogP contribution in [-0.4, -0.2) is 34.4 Å². The van der Waals surface area contributed by atoms with Crippen molar-refractivity contribution in [2.24, 2.45) is 0 Å². The Morgan fingerprint density at radius 3 is 2.62 bits per heavy atom. The highest BCUT2D eigenvalue weighted by Gasteiger charge is 2.34. The molecule has 0 saturated carbocycles. The topological polar surface area (TPSA) is 69.6 Å². The summed E-state index contributed by atoms with van der Waals surface area (Å²) in [5.41, 5.74) is 0.517. The van der Waals surface area contributed by atoms with Gasteiger partial charge in [-0.1, -0.05) is 29.8 Å². The van der Waals surface area contributed by atoms with Gasteiger partial charge in [-0.2, -0.15) is 26.7 Å². The van der Waals surface area contributed by atoms with Gasteiger partial charge in [-0.25, -0.2) is 0 Å². The lowest BCUT2D eigenvalue weighted by Gasteiger charge is -2.18. The number of alkyl halides is 3. The van der Waals surface area contributed by atoms with Gasteiger partial charge in [0.25, 0.3) is 5.91 Å². The summed E-state index contributed by atoms with van der Waals surface area (Å²) in [7, 11) is 0. The standard InChI is InChI=1S/C20H19F3N2O3.H2S/c1-12-3-2-4-13(7-12)10-25-11-15(9-18(25)27)24-19(28)16-8-14(20(21,22)23)5-6-17(16)26;/h2-8,15,26H,9-11H2,1H3,(H,24,28);1H2/t15-;/m0./s1. The van der Waals surface area contributed by atoms with Crippen LogP contribution < -0.4 is 5.32 Å². The van der Waals surface area contributed by atoms with Crippen LogP contribution in [0.5, 0.6) is 5.75 Å². The highest BCUT2D eigenvalue weighted by Crippen LogP contribution is 2.32. The second-order valence-corrected chi connectivity index (χ2v) is 6.87.